The highest BCUT2D eigenvalue weighted by molar-refractivity contribution is 5.60. The Morgan fingerprint density at radius 2 is 2.00 bits per heavy atom. The van der Waals surface area contributed by atoms with Gasteiger partial charge < -0.3 is 9.63 Å². The number of pyridine rings is 1. The summed E-state index contributed by atoms with van der Waals surface area (Å²) < 4.78 is 5.19. The molecule has 0 saturated heterocycles. The van der Waals surface area contributed by atoms with Crippen LogP contribution in [0.2, 0.25) is 0 Å². The smallest absolute Gasteiger partial charge is 0.259 e. The van der Waals surface area contributed by atoms with Gasteiger partial charge in [0.2, 0.25) is 5.82 Å². The largest absolute Gasteiger partial charge is 0.506 e. The molecule has 0 unspecified atom stereocenters. The Hall–Kier alpha value is -2.69. The Balaban J connectivity index is 2.00. The second-order valence-corrected chi connectivity index (χ2v) is 4.22. The number of aryl methyl sites for hydroxylation is 1. The van der Waals surface area contributed by atoms with Crippen LogP contribution in [0.1, 0.15) is 5.56 Å². The number of rotatable bonds is 2. The molecule has 5 nitrogen and oxygen atoms in total. The molecule has 3 rings (SSSR count). The highest BCUT2D eigenvalue weighted by Gasteiger charge is 2.11. The summed E-state index contributed by atoms with van der Waals surface area (Å²) in [5.74, 6) is 0.912. The summed E-state index contributed by atoms with van der Waals surface area (Å²) in [5, 5.41) is 13.3. The standard InChI is InChI=1S/C14H11N3O2/c1-9-3-2-4-10(5-9)13-16-14(19-17-13)11-6-12(18)8-15-7-11/h2-8,18H,1H3. The van der Waals surface area contributed by atoms with E-state index in [0.717, 1.165) is 11.1 Å². The molecule has 1 N–H and O–H groups in total. The molecule has 94 valence electrons. The topological polar surface area (TPSA) is 72.0 Å². The molecule has 0 radical (unpaired) electrons. The lowest BCUT2D eigenvalue weighted by molar-refractivity contribution is 0.431. The molecule has 0 saturated carbocycles. The van der Waals surface area contributed by atoms with E-state index in [1.54, 1.807) is 6.20 Å². The van der Waals surface area contributed by atoms with Crippen LogP contribution in [0.3, 0.4) is 0 Å². The maximum absolute atomic E-state index is 9.38. The maximum Gasteiger partial charge on any atom is 0.259 e. The zero-order chi connectivity index (χ0) is 13.2. The molecular formula is C14H11N3O2. The summed E-state index contributed by atoms with van der Waals surface area (Å²) >= 11 is 0. The van der Waals surface area contributed by atoms with Gasteiger partial charge in [0.05, 0.1) is 11.8 Å². The average molecular weight is 253 g/mol. The van der Waals surface area contributed by atoms with Crippen LogP contribution >= 0.6 is 0 Å². The predicted octanol–water partition coefficient (Wildman–Crippen LogP) is 2.81. The van der Waals surface area contributed by atoms with E-state index in [1.807, 2.05) is 31.2 Å². The fourth-order valence-electron chi connectivity index (χ4n) is 1.79. The molecule has 0 aliphatic rings. The van der Waals surface area contributed by atoms with E-state index in [-0.39, 0.29) is 5.75 Å². The Labute approximate surface area is 109 Å². The third-order valence-electron chi connectivity index (χ3n) is 2.67. The van der Waals surface area contributed by atoms with Gasteiger partial charge in [-0.2, -0.15) is 4.98 Å². The molecule has 0 atom stereocenters. The van der Waals surface area contributed by atoms with Crippen LogP contribution in [0.5, 0.6) is 5.75 Å². The number of aromatic nitrogens is 3. The van der Waals surface area contributed by atoms with Crippen LogP contribution in [-0.2, 0) is 0 Å². The van der Waals surface area contributed by atoms with Crippen molar-refractivity contribution in [2.24, 2.45) is 0 Å². The summed E-state index contributed by atoms with van der Waals surface area (Å²) in [5.41, 5.74) is 2.61. The van der Waals surface area contributed by atoms with Crippen LogP contribution < -0.4 is 0 Å². The molecule has 1 aromatic carbocycles. The van der Waals surface area contributed by atoms with Crippen molar-refractivity contribution in [3.8, 4) is 28.6 Å². The fourth-order valence-corrected chi connectivity index (χ4v) is 1.79. The molecule has 2 aromatic heterocycles. The molecule has 0 fully saturated rings. The normalized spacial score (nSPS) is 10.6. The minimum absolute atomic E-state index is 0.0628. The van der Waals surface area contributed by atoms with E-state index in [0.29, 0.717) is 17.3 Å². The monoisotopic (exact) mass is 253 g/mol. The van der Waals surface area contributed by atoms with Gasteiger partial charge in [0, 0.05) is 11.8 Å². The second kappa shape index (κ2) is 4.53. The third kappa shape index (κ3) is 2.30. The summed E-state index contributed by atoms with van der Waals surface area (Å²) in [7, 11) is 0. The summed E-state index contributed by atoms with van der Waals surface area (Å²) in [6.45, 7) is 2.00. The van der Waals surface area contributed by atoms with Crippen molar-refractivity contribution in [2.45, 2.75) is 6.92 Å². The minimum atomic E-state index is 0.0628. The molecule has 0 spiro atoms. The van der Waals surface area contributed by atoms with Crippen LogP contribution in [-0.4, -0.2) is 20.2 Å². The highest BCUT2D eigenvalue weighted by atomic mass is 16.5. The lowest BCUT2D eigenvalue weighted by atomic mass is 10.1. The number of benzene rings is 1. The molecular weight excluding hydrogens is 242 g/mol. The zero-order valence-corrected chi connectivity index (χ0v) is 10.2. The van der Waals surface area contributed by atoms with Gasteiger partial charge in [0.15, 0.2) is 0 Å². The summed E-state index contributed by atoms with van der Waals surface area (Å²) in [6.07, 6.45) is 2.91. The van der Waals surface area contributed by atoms with E-state index < -0.39 is 0 Å². The Morgan fingerprint density at radius 1 is 1.11 bits per heavy atom. The maximum atomic E-state index is 9.38. The van der Waals surface area contributed by atoms with Gasteiger partial charge >= 0.3 is 0 Å². The summed E-state index contributed by atoms with van der Waals surface area (Å²) in [6, 6.07) is 9.37. The lowest BCUT2D eigenvalue weighted by Gasteiger charge is -1.95. The quantitative estimate of drug-likeness (QED) is 0.760. The van der Waals surface area contributed by atoms with E-state index >= 15 is 0 Å². The van der Waals surface area contributed by atoms with Crippen LogP contribution in [0.25, 0.3) is 22.8 Å². The van der Waals surface area contributed by atoms with Gasteiger partial charge in [-0.05, 0) is 19.1 Å². The van der Waals surface area contributed by atoms with Crippen molar-refractivity contribution in [3.63, 3.8) is 0 Å². The summed E-state index contributed by atoms with van der Waals surface area (Å²) in [4.78, 5) is 8.18. The van der Waals surface area contributed by atoms with Crippen LogP contribution in [0.15, 0.2) is 47.2 Å². The first-order valence-corrected chi connectivity index (χ1v) is 5.77. The first-order chi connectivity index (χ1) is 9.22. The average Bonchev–Trinajstić information content (AvgIpc) is 2.88. The molecule has 2 heterocycles. The third-order valence-corrected chi connectivity index (χ3v) is 2.67. The zero-order valence-electron chi connectivity index (χ0n) is 10.2. The first-order valence-electron chi connectivity index (χ1n) is 5.77. The van der Waals surface area contributed by atoms with E-state index in [4.69, 9.17) is 4.52 Å². The minimum Gasteiger partial charge on any atom is -0.506 e. The number of nitrogens with zero attached hydrogens (tertiary/aromatic N) is 3. The van der Waals surface area contributed by atoms with Gasteiger partial charge in [0.1, 0.15) is 5.75 Å². The lowest BCUT2D eigenvalue weighted by Crippen LogP contribution is -1.83. The number of aromatic hydroxyl groups is 1. The molecule has 0 bridgehead atoms. The predicted molar refractivity (Wildman–Crippen MR) is 69.4 cm³/mol. The second-order valence-electron chi connectivity index (χ2n) is 4.22. The van der Waals surface area contributed by atoms with E-state index in [2.05, 4.69) is 15.1 Å². The fraction of sp³-hybridized carbons (Fsp3) is 0.0714. The van der Waals surface area contributed by atoms with Crippen molar-refractivity contribution >= 4 is 0 Å². The van der Waals surface area contributed by atoms with E-state index in [9.17, 15) is 5.11 Å². The van der Waals surface area contributed by atoms with Gasteiger partial charge in [-0.3, -0.25) is 4.98 Å². The van der Waals surface area contributed by atoms with Gasteiger partial charge in [-0.1, -0.05) is 28.9 Å². The molecule has 0 aliphatic carbocycles. The van der Waals surface area contributed by atoms with Crippen LogP contribution in [0.4, 0.5) is 0 Å². The van der Waals surface area contributed by atoms with Gasteiger partial charge in [0.25, 0.3) is 5.89 Å². The number of hydrogen-bond acceptors (Lipinski definition) is 5. The highest BCUT2D eigenvalue weighted by Crippen LogP contribution is 2.23. The van der Waals surface area contributed by atoms with Crippen molar-refractivity contribution in [3.05, 3.63) is 48.3 Å². The van der Waals surface area contributed by atoms with Crippen molar-refractivity contribution in [1.82, 2.24) is 15.1 Å². The first kappa shape index (κ1) is 11.4. The number of hydrogen-bond donors (Lipinski definition) is 1. The SMILES string of the molecule is Cc1cccc(-c2noc(-c3cncc(O)c3)n2)c1. The van der Waals surface area contributed by atoms with Crippen molar-refractivity contribution in [2.75, 3.05) is 0 Å². The van der Waals surface area contributed by atoms with Crippen molar-refractivity contribution < 1.29 is 9.63 Å². The molecule has 3 aromatic rings. The molecule has 0 aliphatic heterocycles. The van der Waals surface area contributed by atoms with Crippen molar-refractivity contribution in [1.29, 1.82) is 0 Å². The van der Waals surface area contributed by atoms with Gasteiger partial charge in [-0.25, -0.2) is 0 Å². The van der Waals surface area contributed by atoms with Gasteiger partial charge in [-0.15, -0.1) is 0 Å². The Kier molecular flexibility index (Phi) is 2.72. The van der Waals surface area contributed by atoms with E-state index in [1.165, 1.54) is 12.3 Å². The Bertz CT molecular complexity index is 662. The molecule has 19 heavy (non-hydrogen) atoms. The molecule has 5 heteroatoms. The molecule has 0 amide bonds. The van der Waals surface area contributed by atoms with Crippen LogP contribution in [0, 0.1) is 6.92 Å². The Morgan fingerprint density at radius 3 is 2.79 bits per heavy atom.